The monoisotopic (exact) mass is 467 g/mol. The average Bonchev–Trinajstić information content (AvgIpc) is 3.24. The van der Waals surface area contributed by atoms with E-state index in [1.54, 1.807) is 17.6 Å². The number of sulfone groups is 1. The van der Waals surface area contributed by atoms with E-state index in [0.29, 0.717) is 19.6 Å². The molecular weight excluding hydrogens is 438 g/mol. The first-order chi connectivity index (χ1) is 14.9. The van der Waals surface area contributed by atoms with E-state index >= 15 is 0 Å². The van der Waals surface area contributed by atoms with Crippen molar-refractivity contribution < 1.29 is 18.4 Å². The number of benzene rings is 1. The first kappa shape index (κ1) is 23.7. The lowest BCUT2D eigenvalue weighted by Gasteiger charge is -2.39. The zero-order chi connectivity index (χ0) is 22.5. The average molecular weight is 468 g/mol. The van der Waals surface area contributed by atoms with Gasteiger partial charge in [0, 0.05) is 37.3 Å². The van der Waals surface area contributed by atoms with Crippen molar-refractivity contribution in [3.05, 3.63) is 36.2 Å². The van der Waals surface area contributed by atoms with Crippen molar-refractivity contribution in [1.29, 1.82) is 0 Å². The molecule has 1 aliphatic heterocycles. The Balaban J connectivity index is 1.75. The summed E-state index contributed by atoms with van der Waals surface area (Å²) in [6, 6.07) is 6.49. The van der Waals surface area contributed by atoms with Gasteiger partial charge in [0.2, 0.25) is 0 Å². The predicted molar refractivity (Wildman–Crippen MR) is 118 cm³/mol. The molecule has 1 aromatic carbocycles. The maximum atomic E-state index is 13.5. The van der Waals surface area contributed by atoms with Crippen LogP contribution in [0.1, 0.15) is 38.3 Å². The number of carbonyl (C=O) groups excluding carboxylic acids is 1. The smallest absolute Gasteiger partial charge is 0.265 e. The quantitative estimate of drug-likeness (QED) is 0.327. The Hall–Kier alpha value is -1.95. The van der Waals surface area contributed by atoms with Crippen LogP contribution in [0.4, 0.5) is 0 Å². The fraction of sp³-hybridized carbons (Fsp3) is 0.550. The molecule has 0 radical (unpaired) electrons. The van der Waals surface area contributed by atoms with Crippen molar-refractivity contribution in [1.82, 2.24) is 25.4 Å². The van der Waals surface area contributed by atoms with Gasteiger partial charge in [-0.2, -0.15) is 0 Å². The highest BCUT2D eigenvalue weighted by molar-refractivity contribution is 7.98. The maximum Gasteiger partial charge on any atom is 0.265 e. The molecule has 3 rings (SSSR count). The SMILES string of the molecule is CCCCn1cc(CN2CCC(C(=O)NO)(S(=O)(=O)c3ccc(SC)cc3)CC2)nn1. The van der Waals surface area contributed by atoms with Gasteiger partial charge in [0.05, 0.1) is 10.6 Å². The van der Waals surface area contributed by atoms with Gasteiger partial charge in [0.1, 0.15) is 0 Å². The summed E-state index contributed by atoms with van der Waals surface area (Å²) in [7, 11) is -4.00. The van der Waals surface area contributed by atoms with Crippen molar-refractivity contribution in [3.8, 4) is 0 Å². The molecule has 2 aromatic rings. The van der Waals surface area contributed by atoms with Crippen LogP contribution in [-0.4, -0.2) is 63.5 Å². The van der Waals surface area contributed by atoms with Crippen LogP contribution in [0.15, 0.2) is 40.3 Å². The van der Waals surface area contributed by atoms with Crippen LogP contribution in [0.2, 0.25) is 0 Å². The van der Waals surface area contributed by atoms with E-state index in [9.17, 15) is 18.4 Å². The van der Waals surface area contributed by atoms with Crippen LogP contribution in [0.25, 0.3) is 0 Å². The summed E-state index contributed by atoms with van der Waals surface area (Å²) in [6.45, 7) is 4.24. The first-order valence-corrected chi connectivity index (χ1v) is 13.0. The topological polar surface area (TPSA) is 117 Å². The molecule has 0 atom stereocenters. The summed E-state index contributed by atoms with van der Waals surface area (Å²) >= 11 is 1.51. The Kier molecular flexibility index (Phi) is 7.73. The Bertz CT molecular complexity index is 983. The molecular formula is C20H29N5O4S2. The van der Waals surface area contributed by atoms with E-state index in [-0.39, 0.29) is 17.7 Å². The summed E-state index contributed by atoms with van der Waals surface area (Å²) in [6.07, 6.45) is 6.07. The molecule has 1 saturated heterocycles. The van der Waals surface area contributed by atoms with Crippen LogP contribution >= 0.6 is 11.8 Å². The summed E-state index contributed by atoms with van der Waals surface area (Å²) in [4.78, 5) is 15.7. The van der Waals surface area contributed by atoms with Gasteiger partial charge < -0.3 is 0 Å². The third-order valence-electron chi connectivity index (χ3n) is 5.78. The van der Waals surface area contributed by atoms with Crippen LogP contribution in [0.3, 0.4) is 0 Å². The van der Waals surface area contributed by atoms with Gasteiger partial charge in [0.15, 0.2) is 14.6 Å². The molecule has 0 spiro atoms. The third kappa shape index (κ3) is 4.94. The number of hydrogen-bond donors (Lipinski definition) is 2. The Labute approximate surface area is 187 Å². The number of likely N-dealkylation sites (tertiary alicyclic amines) is 1. The number of piperidine rings is 1. The maximum absolute atomic E-state index is 13.5. The highest BCUT2D eigenvalue weighted by atomic mass is 32.2. The number of hydroxylamine groups is 1. The fourth-order valence-corrected chi connectivity index (χ4v) is 6.21. The number of carbonyl (C=O) groups is 1. The highest BCUT2D eigenvalue weighted by Gasteiger charge is 2.52. The molecule has 2 N–H and O–H groups in total. The van der Waals surface area contributed by atoms with Gasteiger partial charge in [-0.25, -0.2) is 13.9 Å². The minimum Gasteiger partial charge on any atom is -0.297 e. The lowest BCUT2D eigenvalue weighted by atomic mass is 9.94. The number of aromatic nitrogens is 3. The zero-order valence-corrected chi connectivity index (χ0v) is 19.5. The zero-order valence-electron chi connectivity index (χ0n) is 17.8. The minimum absolute atomic E-state index is 0.0793. The van der Waals surface area contributed by atoms with Crippen LogP contribution in [0, 0.1) is 0 Å². The molecule has 11 heteroatoms. The summed E-state index contributed by atoms with van der Waals surface area (Å²) in [5.41, 5.74) is 2.41. The Morgan fingerprint density at radius 3 is 2.52 bits per heavy atom. The number of amides is 1. The molecule has 2 heterocycles. The first-order valence-electron chi connectivity index (χ1n) is 10.3. The van der Waals surface area contributed by atoms with E-state index in [1.807, 2.05) is 17.1 Å². The van der Waals surface area contributed by atoms with Crippen molar-refractivity contribution in [2.75, 3.05) is 19.3 Å². The summed E-state index contributed by atoms with van der Waals surface area (Å²) in [5.74, 6) is -0.883. The number of unbranched alkanes of at least 4 members (excludes halogenated alkanes) is 1. The predicted octanol–water partition coefficient (Wildman–Crippen LogP) is 2.11. The molecule has 1 aliphatic rings. The second kappa shape index (κ2) is 10.1. The molecule has 1 amide bonds. The molecule has 1 aromatic heterocycles. The van der Waals surface area contributed by atoms with Crippen LogP contribution < -0.4 is 5.48 Å². The molecule has 0 aliphatic carbocycles. The number of rotatable bonds is 9. The molecule has 9 nitrogen and oxygen atoms in total. The van der Waals surface area contributed by atoms with Gasteiger partial charge in [-0.15, -0.1) is 16.9 Å². The molecule has 1 fully saturated rings. The number of nitrogens with one attached hydrogen (secondary N) is 1. The van der Waals surface area contributed by atoms with Gasteiger partial charge in [-0.1, -0.05) is 18.6 Å². The molecule has 0 bridgehead atoms. The fourth-order valence-electron chi connectivity index (χ4n) is 3.84. The number of aryl methyl sites for hydroxylation is 1. The highest BCUT2D eigenvalue weighted by Crippen LogP contribution is 2.36. The normalized spacial score (nSPS) is 16.9. The van der Waals surface area contributed by atoms with E-state index in [2.05, 4.69) is 22.1 Å². The van der Waals surface area contributed by atoms with Crippen molar-refractivity contribution in [2.45, 2.75) is 60.2 Å². The molecule has 170 valence electrons. The molecule has 31 heavy (non-hydrogen) atoms. The third-order valence-corrected chi connectivity index (χ3v) is 9.03. The Morgan fingerprint density at radius 2 is 1.94 bits per heavy atom. The standard InChI is InChI=1S/C20H29N5O4S2/c1-3-4-11-25-15-16(21-23-25)14-24-12-9-20(10-13-24,19(26)22-27)31(28,29)18-7-5-17(30-2)6-8-18/h5-8,15,27H,3-4,9-14H2,1-2H3,(H,22,26). The van der Waals surface area contributed by atoms with Crippen molar-refractivity contribution >= 4 is 27.5 Å². The number of hydrogen-bond acceptors (Lipinski definition) is 8. The van der Waals surface area contributed by atoms with E-state index < -0.39 is 20.5 Å². The van der Waals surface area contributed by atoms with E-state index in [4.69, 9.17) is 0 Å². The van der Waals surface area contributed by atoms with Gasteiger partial charge in [0.25, 0.3) is 5.91 Å². The van der Waals surface area contributed by atoms with E-state index in [1.165, 1.54) is 23.9 Å². The van der Waals surface area contributed by atoms with Crippen molar-refractivity contribution in [2.24, 2.45) is 0 Å². The summed E-state index contributed by atoms with van der Waals surface area (Å²) in [5, 5.41) is 17.6. The van der Waals surface area contributed by atoms with Gasteiger partial charge >= 0.3 is 0 Å². The minimum atomic E-state index is -4.00. The van der Waals surface area contributed by atoms with Crippen molar-refractivity contribution in [3.63, 3.8) is 0 Å². The van der Waals surface area contributed by atoms with Crippen LogP contribution in [-0.2, 0) is 27.7 Å². The largest absolute Gasteiger partial charge is 0.297 e. The Morgan fingerprint density at radius 1 is 1.26 bits per heavy atom. The lowest BCUT2D eigenvalue weighted by molar-refractivity contribution is -0.133. The van der Waals surface area contributed by atoms with Gasteiger partial charge in [-0.3, -0.25) is 19.6 Å². The second-order valence-electron chi connectivity index (χ2n) is 7.72. The molecule has 0 saturated carbocycles. The number of thioether (sulfide) groups is 1. The van der Waals surface area contributed by atoms with E-state index in [0.717, 1.165) is 30.0 Å². The lowest BCUT2D eigenvalue weighted by Crippen LogP contribution is -2.57. The second-order valence-corrected chi connectivity index (χ2v) is 10.9. The number of nitrogens with zero attached hydrogens (tertiary/aromatic N) is 4. The van der Waals surface area contributed by atoms with Crippen LogP contribution in [0.5, 0.6) is 0 Å². The summed E-state index contributed by atoms with van der Waals surface area (Å²) < 4.78 is 27.0. The molecule has 0 unspecified atom stereocenters. The van der Waals surface area contributed by atoms with Gasteiger partial charge in [-0.05, 0) is 49.8 Å².